The summed E-state index contributed by atoms with van der Waals surface area (Å²) in [4.78, 5) is 12.4. The number of hydrogen-bond acceptors (Lipinski definition) is 4. The maximum atomic E-state index is 12.4. The molecule has 1 amide bonds. The molecule has 0 spiro atoms. The zero-order valence-corrected chi connectivity index (χ0v) is 15.5. The van der Waals surface area contributed by atoms with Crippen molar-refractivity contribution >= 4 is 27.5 Å². The molecule has 0 unspecified atom stereocenters. The third-order valence-corrected chi connectivity index (χ3v) is 4.47. The number of ether oxygens (including phenoxy) is 1. The van der Waals surface area contributed by atoms with Crippen LogP contribution in [0.5, 0.6) is 5.75 Å². The number of benzene rings is 2. The highest BCUT2D eigenvalue weighted by molar-refractivity contribution is 9.10. The predicted octanol–water partition coefficient (Wildman–Crippen LogP) is 4.89. The molecule has 1 heterocycles. The van der Waals surface area contributed by atoms with E-state index in [9.17, 15) is 4.79 Å². The Morgan fingerprint density at radius 1 is 1.20 bits per heavy atom. The van der Waals surface area contributed by atoms with Crippen LogP contribution in [-0.2, 0) is 6.61 Å². The Morgan fingerprint density at radius 3 is 2.72 bits per heavy atom. The second-order valence-electron chi connectivity index (χ2n) is 5.55. The van der Waals surface area contributed by atoms with Crippen molar-refractivity contribution in [2.45, 2.75) is 20.5 Å². The van der Waals surface area contributed by atoms with Crippen LogP contribution < -0.4 is 10.1 Å². The van der Waals surface area contributed by atoms with Gasteiger partial charge in [-0.05, 0) is 60.1 Å². The molecular formula is C19H17BrN2O3. The first kappa shape index (κ1) is 17.2. The molecule has 0 bridgehead atoms. The van der Waals surface area contributed by atoms with E-state index < -0.39 is 0 Å². The number of aryl methyl sites for hydroxylation is 2. The number of rotatable bonds is 5. The lowest BCUT2D eigenvalue weighted by Gasteiger charge is -2.09. The summed E-state index contributed by atoms with van der Waals surface area (Å²) in [5.74, 6) is 1.15. The summed E-state index contributed by atoms with van der Waals surface area (Å²) < 4.78 is 11.7. The van der Waals surface area contributed by atoms with E-state index in [4.69, 9.17) is 9.26 Å². The van der Waals surface area contributed by atoms with Crippen molar-refractivity contribution in [3.63, 3.8) is 0 Å². The van der Waals surface area contributed by atoms with E-state index in [1.807, 2.05) is 44.2 Å². The predicted molar refractivity (Wildman–Crippen MR) is 98.8 cm³/mol. The maximum absolute atomic E-state index is 12.4. The zero-order chi connectivity index (χ0) is 17.8. The largest absolute Gasteiger partial charge is 0.489 e. The molecule has 3 aromatic rings. The molecule has 1 N–H and O–H groups in total. The highest BCUT2D eigenvalue weighted by atomic mass is 79.9. The number of para-hydroxylation sites is 1. The number of nitrogens with one attached hydrogen (secondary N) is 1. The van der Waals surface area contributed by atoms with E-state index in [1.54, 1.807) is 18.2 Å². The fraction of sp³-hybridized carbons (Fsp3) is 0.158. The van der Waals surface area contributed by atoms with Crippen molar-refractivity contribution in [2.75, 3.05) is 5.32 Å². The molecule has 0 aliphatic rings. The van der Waals surface area contributed by atoms with Gasteiger partial charge < -0.3 is 14.6 Å². The van der Waals surface area contributed by atoms with Crippen LogP contribution in [0.3, 0.4) is 0 Å². The summed E-state index contributed by atoms with van der Waals surface area (Å²) in [5, 5.41) is 6.78. The summed E-state index contributed by atoms with van der Waals surface area (Å²) in [5.41, 5.74) is 2.96. The van der Waals surface area contributed by atoms with E-state index in [2.05, 4.69) is 26.4 Å². The molecule has 0 saturated carbocycles. The summed E-state index contributed by atoms with van der Waals surface area (Å²) >= 11 is 3.42. The summed E-state index contributed by atoms with van der Waals surface area (Å²) in [6.07, 6.45) is 0. The van der Waals surface area contributed by atoms with Gasteiger partial charge in [0.05, 0.1) is 16.9 Å². The standard InChI is InChI=1S/C19H17BrN2O3/c1-12-16(13(2)25-22-12)11-24-15-7-5-6-14(10-15)19(23)21-18-9-4-3-8-17(18)20/h3-10H,11H2,1-2H3,(H,21,23). The summed E-state index contributed by atoms with van der Waals surface area (Å²) in [7, 11) is 0. The molecule has 0 aliphatic carbocycles. The number of carbonyl (C=O) groups excluding carboxylic acids is 1. The van der Waals surface area contributed by atoms with Crippen LogP contribution in [0.25, 0.3) is 0 Å². The Kier molecular flexibility index (Phi) is 5.19. The van der Waals surface area contributed by atoms with Gasteiger partial charge in [0, 0.05) is 10.0 Å². The van der Waals surface area contributed by atoms with Crippen LogP contribution in [-0.4, -0.2) is 11.1 Å². The van der Waals surface area contributed by atoms with Gasteiger partial charge in [-0.15, -0.1) is 0 Å². The molecule has 128 valence electrons. The number of aromatic nitrogens is 1. The lowest BCUT2D eigenvalue weighted by molar-refractivity contribution is 0.102. The number of hydrogen-bond donors (Lipinski definition) is 1. The van der Waals surface area contributed by atoms with E-state index in [1.165, 1.54) is 0 Å². The number of nitrogens with zero attached hydrogens (tertiary/aromatic N) is 1. The van der Waals surface area contributed by atoms with Crippen molar-refractivity contribution in [3.05, 3.63) is 75.6 Å². The molecule has 0 saturated heterocycles. The van der Waals surface area contributed by atoms with Crippen molar-refractivity contribution in [1.82, 2.24) is 5.16 Å². The van der Waals surface area contributed by atoms with Gasteiger partial charge in [-0.1, -0.05) is 23.4 Å². The Hall–Kier alpha value is -2.60. The molecule has 5 nitrogen and oxygen atoms in total. The van der Waals surface area contributed by atoms with Crippen molar-refractivity contribution in [2.24, 2.45) is 0 Å². The van der Waals surface area contributed by atoms with Crippen LogP contribution >= 0.6 is 15.9 Å². The molecular weight excluding hydrogens is 384 g/mol. The van der Waals surface area contributed by atoms with Crippen LogP contribution in [0.4, 0.5) is 5.69 Å². The number of halogens is 1. The van der Waals surface area contributed by atoms with Crippen molar-refractivity contribution in [3.8, 4) is 5.75 Å². The van der Waals surface area contributed by atoms with Gasteiger partial charge in [0.2, 0.25) is 0 Å². The first-order valence-electron chi connectivity index (χ1n) is 7.75. The fourth-order valence-corrected chi connectivity index (χ4v) is 2.73. The highest BCUT2D eigenvalue weighted by Crippen LogP contribution is 2.23. The van der Waals surface area contributed by atoms with Gasteiger partial charge in [-0.25, -0.2) is 0 Å². The fourth-order valence-electron chi connectivity index (χ4n) is 2.35. The zero-order valence-electron chi connectivity index (χ0n) is 13.9. The molecule has 0 atom stereocenters. The number of carbonyl (C=O) groups is 1. The minimum absolute atomic E-state index is 0.199. The third kappa shape index (κ3) is 4.09. The first-order valence-corrected chi connectivity index (χ1v) is 8.54. The van der Waals surface area contributed by atoms with Crippen LogP contribution in [0.15, 0.2) is 57.5 Å². The first-order chi connectivity index (χ1) is 12.0. The van der Waals surface area contributed by atoms with Gasteiger partial charge in [-0.3, -0.25) is 4.79 Å². The average molecular weight is 401 g/mol. The molecule has 0 fully saturated rings. The monoisotopic (exact) mass is 400 g/mol. The minimum atomic E-state index is -0.199. The normalized spacial score (nSPS) is 10.5. The van der Waals surface area contributed by atoms with Crippen molar-refractivity contribution < 1.29 is 14.1 Å². The van der Waals surface area contributed by atoms with Gasteiger partial charge >= 0.3 is 0 Å². The van der Waals surface area contributed by atoms with Gasteiger partial charge in [0.15, 0.2) is 0 Å². The van der Waals surface area contributed by atoms with Crippen molar-refractivity contribution in [1.29, 1.82) is 0 Å². The third-order valence-electron chi connectivity index (χ3n) is 3.78. The molecule has 6 heteroatoms. The van der Waals surface area contributed by atoms with Crippen LogP contribution in [0, 0.1) is 13.8 Å². The number of anilines is 1. The topological polar surface area (TPSA) is 64.4 Å². The molecule has 25 heavy (non-hydrogen) atoms. The van der Waals surface area contributed by atoms with Crippen LogP contribution in [0.1, 0.15) is 27.4 Å². The second-order valence-corrected chi connectivity index (χ2v) is 6.41. The quantitative estimate of drug-likeness (QED) is 0.662. The lowest BCUT2D eigenvalue weighted by atomic mass is 10.2. The van der Waals surface area contributed by atoms with E-state index in [0.717, 1.165) is 27.2 Å². The highest BCUT2D eigenvalue weighted by Gasteiger charge is 2.12. The lowest BCUT2D eigenvalue weighted by Crippen LogP contribution is -2.12. The van der Waals surface area contributed by atoms with Gasteiger partial charge in [0.1, 0.15) is 18.1 Å². The second kappa shape index (κ2) is 7.53. The Labute approximate surface area is 154 Å². The maximum Gasteiger partial charge on any atom is 0.255 e. The smallest absolute Gasteiger partial charge is 0.255 e. The number of amides is 1. The van der Waals surface area contributed by atoms with E-state index >= 15 is 0 Å². The SMILES string of the molecule is Cc1noc(C)c1COc1cccc(C(=O)Nc2ccccc2Br)c1. The molecule has 0 radical (unpaired) electrons. The van der Waals surface area contributed by atoms with E-state index in [-0.39, 0.29) is 5.91 Å². The summed E-state index contributed by atoms with van der Waals surface area (Å²) in [6.45, 7) is 4.06. The molecule has 0 aliphatic heterocycles. The average Bonchev–Trinajstić information content (AvgIpc) is 2.93. The minimum Gasteiger partial charge on any atom is -0.489 e. The summed E-state index contributed by atoms with van der Waals surface area (Å²) in [6, 6.07) is 14.5. The Morgan fingerprint density at radius 2 is 2.00 bits per heavy atom. The molecule has 2 aromatic carbocycles. The molecule has 1 aromatic heterocycles. The van der Waals surface area contributed by atoms with E-state index in [0.29, 0.717) is 17.9 Å². The van der Waals surface area contributed by atoms with Gasteiger partial charge in [-0.2, -0.15) is 0 Å². The molecule has 3 rings (SSSR count). The van der Waals surface area contributed by atoms with Crippen LogP contribution in [0.2, 0.25) is 0 Å². The Balaban J connectivity index is 1.71. The Bertz CT molecular complexity index is 886. The van der Waals surface area contributed by atoms with Gasteiger partial charge in [0.25, 0.3) is 5.91 Å².